The molecule has 0 unspecified atom stereocenters. The van der Waals surface area contributed by atoms with Crippen LogP contribution in [0.5, 0.6) is 0 Å². The van der Waals surface area contributed by atoms with Crippen LogP contribution in [0.1, 0.15) is 50.3 Å². The number of aromatic nitrogens is 2. The molecule has 1 aromatic carbocycles. The molecule has 0 aliphatic carbocycles. The van der Waals surface area contributed by atoms with Gasteiger partial charge in [-0.1, -0.05) is 12.1 Å². The summed E-state index contributed by atoms with van der Waals surface area (Å²) in [5.74, 6) is 1.03. The number of rotatable bonds is 5. The van der Waals surface area contributed by atoms with Crippen LogP contribution in [0.25, 0.3) is 11.0 Å². The van der Waals surface area contributed by atoms with Crippen LogP contribution in [0.4, 0.5) is 0 Å². The van der Waals surface area contributed by atoms with E-state index in [4.69, 9.17) is 0 Å². The number of nitrogens with zero attached hydrogens (tertiary/aromatic N) is 3. The Balaban J connectivity index is 1.32. The van der Waals surface area contributed by atoms with Crippen LogP contribution in [0.2, 0.25) is 0 Å². The van der Waals surface area contributed by atoms with Gasteiger partial charge in [0.1, 0.15) is 5.82 Å². The van der Waals surface area contributed by atoms with E-state index in [0.29, 0.717) is 38.8 Å². The Kier molecular flexibility index (Phi) is 4.92. The molecule has 7 heteroatoms. The fourth-order valence-corrected chi connectivity index (χ4v) is 4.01. The van der Waals surface area contributed by atoms with Crippen molar-refractivity contribution in [3.63, 3.8) is 0 Å². The molecule has 3 amide bonds. The molecule has 0 bridgehead atoms. The minimum absolute atomic E-state index is 0.0925. The van der Waals surface area contributed by atoms with Crippen molar-refractivity contribution in [2.75, 3.05) is 19.6 Å². The molecular formula is C20H24N4O3. The minimum Gasteiger partial charge on any atom is -0.342 e. The summed E-state index contributed by atoms with van der Waals surface area (Å²) in [6.45, 7) is 1.78. The van der Waals surface area contributed by atoms with Crippen molar-refractivity contribution in [3.8, 4) is 0 Å². The van der Waals surface area contributed by atoms with Gasteiger partial charge in [0, 0.05) is 44.8 Å². The lowest BCUT2D eigenvalue weighted by atomic mass is 9.97. The number of carbonyl (C=O) groups excluding carboxylic acids is 3. The summed E-state index contributed by atoms with van der Waals surface area (Å²) in [5.41, 5.74) is 1.98. The summed E-state index contributed by atoms with van der Waals surface area (Å²) in [7, 11) is 0. The van der Waals surface area contributed by atoms with Crippen molar-refractivity contribution in [2.45, 2.75) is 44.4 Å². The van der Waals surface area contributed by atoms with Crippen LogP contribution in [0.3, 0.4) is 0 Å². The number of imidazole rings is 1. The number of piperidine rings is 1. The van der Waals surface area contributed by atoms with Crippen LogP contribution in [-0.2, 0) is 14.4 Å². The number of aromatic amines is 1. The molecule has 0 saturated carbocycles. The van der Waals surface area contributed by atoms with E-state index in [9.17, 15) is 14.4 Å². The van der Waals surface area contributed by atoms with Crippen LogP contribution in [0, 0.1) is 0 Å². The predicted molar refractivity (Wildman–Crippen MR) is 99.8 cm³/mol. The molecule has 4 rings (SSSR count). The minimum atomic E-state index is -0.115. The first-order valence-electron chi connectivity index (χ1n) is 9.67. The zero-order chi connectivity index (χ0) is 18.8. The number of hydrogen-bond donors (Lipinski definition) is 1. The second-order valence-electron chi connectivity index (χ2n) is 7.36. The Morgan fingerprint density at radius 3 is 2.74 bits per heavy atom. The van der Waals surface area contributed by atoms with Gasteiger partial charge in [-0.3, -0.25) is 19.3 Å². The van der Waals surface area contributed by atoms with Crippen molar-refractivity contribution in [1.82, 2.24) is 19.8 Å². The second-order valence-corrected chi connectivity index (χ2v) is 7.36. The normalized spacial score (nSPS) is 20.7. The smallest absolute Gasteiger partial charge is 0.229 e. The number of likely N-dealkylation sites (tertiary alicyclic amines) is 2. The number of carbonyl (C=O) groups is 3. The van der Waals surface area contributed by atoms with Gasteiger partial charge in [-0.25, -0.2) is 4.98 Å². The summed E-state index contributed by atoms with van der Waals surface area (Å²) >= 11 is 0. The first kappa shape index (κ1) is 17.7. The highest BCUT2D eigenvalue weighted by Crippen LogP contribution is 2.27. The number of hydrogen-bond acceptors (Lipinski definition) is 4. The standard InChI is InChI=1S/C20H24N4O3/c25-17(8-4-12-24-18(26)9-10-19(24)27)23-11-3-5-14(13-23)20-21-15-6-1-2-7-16(15)22-20/h1-2,6-7,14H,3-5,8-13H2,(H,21,22)/t14-/m1/s1. The Bertz CT molecular complexity index is 826. The Labute approximate surface area is 157 Å². The van der Waals surface area contributed by atoms with Crippen molar-refractivity contribution < 1.29 is 14.4 Å². The van der Waals surface area contributed by atoms with Crippen LogP contribution in [0.15, 0.2) is 24.3 Å². The van der Waals surface area contributed by atoms with Crippen LogP contribution >= 0.6 is 0 Å². The Morgan fingerprint density at radius 1 is 1.19 bits per heavy atom. The molecule has 142 valence electrons. The maximum absolute atomic E-state index is 12.6. The van der Waals surface area contributed by atoms with Gasteiger partial charge in [0.05, 0.1) is 11.0 Å². The highest BCUT2D eigenvalue weighted by atomic mass is 16.2. The summed E-state index contributed by atoms with van der Waals surface area (Å²) in [6.07, 6.45) is 3.47. The van der Waals surface area contributed by atoms with Crippen LogP contribution in [-0.4, -0.2) is 57.1 Å². The Morgan fingerprint density at radius 2 is 1.96 bits per heavy atom. The van der Waals surface area contributed by atoms with Gasteiger partial charge in [0.25, 0.3) is 0 Å². The van der Waals surface area contributed by atoms with Gasteiger partial charge in [-0.05, 0) is 31.4 Å². The van der Waals surface area contributed by atoms with E-state index in [1.807, 2.05) is 29.2 Å². The molecule has 7 nitrogen and oxygen atoms in total. The topological polar surface area (TPSA) is 86.4 Å². The first-order chi connectivity index (χ1) is 13.1. The van der Waals surface area contributed by atoms with Gasteiger partial charge in [0.2, 0.25) is 17.7 Å². The monoisotopic (exact) mass is 368 g/mol. The number of benzene rings is 1. The summed E-state index contributed by atoms with van der Waals surface area (Å²) in [5, 5.41) is 0. The van der Waals surface area contributed by atoms with Gasteiger partial charge in [0.15, 0.2) is 0 Å². The van der Waals surface area contributed by atoms with Crippen molar-refractivity contribution in [2.24, 2.45) is 0 Å². The highest BCUT2D eigenvalue weighted by Gasteiger charge is 2.29. The fourth-order valence-electron chi connectivity index (χ4n) is 4.01. The van der Waals surface area contributed by atoms with Gasteiger partial charge in [-0.2, -0.15) is 0 Å². The summed E-state index contributed by atoms with van der Waals surface area (Å²) in [6, 6.07) is 7.96. The zero-order valence-corrected chi connectivity index (χ0v) is 15.3. The van der Waals surface area contributed by atoms with E-state index in [0.717, 1.165) is 36.2 Å². The van der Waals surface area contributed by atoms with Crippen LogP contribution < -0.4 is 0 Å². The van der Waals surface area contributed by atoms with E-state index in [1.54, 1.807) is 0 Å². The van der Waals surface area contributed by atoms with Gasteiger partial charge >= 0.3 is 0 Å². The lowest BCUT2D eigenvalue weighted by molar-refractivity contribution is -0.139. The number of amides is 3. The molecule has 2 aliphatic heterocycles. The zero-order valence-electron chi connectivity index (χ0n) is 15.3. The fraction of sp³-hybridized carbons (Fsp3) is 0.500. The molecule has 1 N–H and O–H groups in total. The molecule has 27 heavy (non-hydrogen) atoms. The van der Waals surface area contributed by atoms with Crippen molar-refractivity contribution in [3.05, 3.63) is 30.1 Å². The summed E-state index contributed by atoms with van der Waals surface area (Å²) < 4.78 is 0. The van der Waals surface area contributed by atoms with E-state index < -0.39 is 0 Å². The molecular weight excluding hydrogens is 344 g/mol. The molecule has 0 radical (unpaired) electrons. The Hall–Kier alpha value is -2.70. The molecule has 0 spiro atoms. The average Bonchev–Trinajstić information content (AvgIpc) is 3.26. The summed E-state index contributed by atoms with van der Waals surface area (Å²) in [4.78, 5) is 47.1. The molecule has 2 aliphatic rings. The molecule has 1 atom stereocenters. The largest absolute Gasteiger partial charge is 0.342 e. The molecule has 2 fully saturated rings. The maximum Gasteiger partial charge on any atom is 0.229 e. The van der Waals surface area contributed by atoms with E-state index >= 15 is 0 Å². The lowest BCUT2D eigenvalue weighted by Crippen LogP contribution is -2.39. The molecule has 3 heterocycles. The third-order valence-corrected chi connectivity index (χ3v) is 5.50. The first-order valence-corrected chi connectivity index (χ1v) is 9.67. The van der Waals surface area contributed by atoms with E-state index in [2.05, 4.69) is 9.97 Å². The predicted octanol–water partition coefficient (Wildman–Crippen LogP) is 2.20. The SMILES string of the molecule is O=C(CCCN1C(=O)CCC1=O)N1CCC[C@@H](c2nc3ccccc3[nH]2)C1. The third kappa shape index (κ3) is 3.72. The van der Waals surface area contributed by atoms with Gasteiger partial charge < -0.3 is 9.88 Å². The lowest BCUT2D eigenvalue weighted by Gasteiger charge is -2.32. The quantitative estimate of drug-likeness (QED) is 0.820. The molecule has 1 aromatic heterocycles. The van der Waals surface area contributed by atoms with E-state index in [1.165, 1.54) is 4.90 Å². The second kappa shape index (κ2) is 7.50. The third-order valence-electron chi connectivity index (χ3n) is 5.50. The van der Waals surface area contributed by atoms with Crippen molar-refractivity contribution in [1.29, 1.82) is 0 Å². The number of imide groups is 1. The maximum atomic E-state index is 12.6. The average molecular weight is 368 g/mol. The number of para-hydroxylation sites is 2. The molecule has 2 saturated heterocycles. The number of fused-ring (bicyclic) bond motifs is 1. The number of H-pyrrole nitrogens is 1. The molecule has 2 aromatic rings. The van der Waals surface area contributed by atoms with Crippen molar-refractivity contribution >= 4 is 28.8 Å². The van der Waals surface area contributed by atoms with E-state index in [-0.39, 0.29) is 23.6 Å². The number of nitrogens with one attached hydrogen (secondary N) is 1. The van der Waals surface area contributed by atoms with Gasteiger partial charge in [-0.15, -0.1) is 0 Å². The highest BCUT2D eigenvalue weighted by molar-refractivity contribution is 6.01.